The normalized spacial score (nSPS) is 11.5. The molecule has 6 heteroatoms. The second-order valence-electron chi connectivity index (χ2n) is 3.58. The minimum Gasteiger partial charge on any atom is -0.474 e. The Hall–Kier alpha value is -1.69. The first kappa shape index (κ1) is 12.8. The first-order chi connectivity index (χ1) is 8.38. The Morgan fingerprint density at radius 2 is 1.78 bits per heavy atom. The number of halogens is 3. The molecule has 0 aliphatic rings. The quantitative estimate of drug-likeness (QED) is 0.940. The predicted molar refractivity (Wildman–Crippen MR) is 64.9 cm³/mol. The smallest absolute Gasteiger partial charge is 0.474 e. The summed E-state index contributed by atoms with van der Waals surface area (Å²) in [7, 11) is 0. The number of fused-ring (bicyclic) bond motifs is 1. The van der Waals surface area contributed by atoms with E-state index >= 15 is 0 Å². The van der Waals surface area contributed by atoms with Gasteiger partial charge in [-0.3, -0.25) is 0 Å². The summed E-state index contributed by atoms with van der Waals surface area (Å²) in [6.45, 7) is 0. The van der Waals surface area contributed by atoms with Crippen molar-refractivity contribution in [2.24, 2.45) is 0 Å². The van der Waals surface area contributed by atoms with Crippen LogP contribution in [0.1, 0.15) is 0 Å². The van der Waals surface area contributed by atoms with Gasteiger partial charge in [0, 0.05) is 4.47 Å². The molecule has 0 amide bonds. The number of carbonyl (C=O) groups is 1. The van der Waals surface area contributed by atoms with Gasteiger partial charge in [-0.15, -0.1) is 0 Å². The van der Waals surface area contributed by atoms with E-state index in [1.165, 1.54) is 12.1 Å². The molecule has 1 N–H and O–H groups in total. The van der Waals surface area contributed by atoms with Gasteiger partial charge in [0.15, 0.2) is 0 Å². The number of rotatable bonds is 3. The zero-order valence-corrected chi connectivity index (χ0v) is 10.4. The highest BCUT2D eigenvalue weighted by Gasteiger charge is 2.42. The molecule has 0 spiro atoms. The van der Waals surface area contributed by atoms with Crippen molar-refractivity contribution >= 4 is 32.7 Å². The lowest BCUT2D eigenvalue weighted by Crippen LogP contribution is -2.34. The average molecular weight is 317 g/mol. The maximum Gasteiger partial charge on any atom is 0.501 e. The van der Waals surface area contributed by atoms with Gasteiger partial charge in [-0.2, -0.15) is 8.78 Å². The number of carboxylic acid groups (broad SMARTS) is 1. The second-order valence-corrected chi connectivity index (χ2v) is 4.49. The summed E-state index contributed by atoms with van der Waals surface area (Å²) in [6, 6.07) is 9.51. The Labute approximate surface area is 109 Å². The molecule has 2 rings (SSSR count). The standard InChI is InChI=1S/C12H7BrF2O3/c13-9-3-1-8-6-10(4-2-7(8)5-9)18-12(14,15)11(16)17/h1-6H,(H,16,17). The molecule has 94 valence electrons. The summed E-state index contributed by atoms with van der Waals surface area (Å²) < 4.78 is 30.8. The average Bonchev–Trinajstić information content (AvgIpc) is 2.28. The molecule has 0 saturated heterocycles. The van der Waals surface area contributed by atoms with Crippen molar-refractivity contribution in [1.29, 1.82) is 0 Å². The molecule has 0 aliphatic heterocycles. The number of benzene rings is 2. The Balaban J connectivity index is 2.36. The summed E-state index contributed by atoms with van der Waals surface area (Å²) in [4.78, 5) is 10.3. The van der Waals surface area contributed by atoms with Gasteiger partial charge in [0.2, 0.25) is 0 Å². The summed E-state index contributed by atoms with van der Waals surface area (Å²) in [5, 5.41) is 9.78. The van der Waals surface area contributed by atoms with E-state index in [1.807, 2.05) is 6.07 Å². The fourth-order valence-corrected chi connectivity index (χ4v) is 1.83. The van der Waals surface area contributed by atoms with Gasteiger partial charge >= 0.3 is 12.1 Å². The minimum absolute atomic E-state index is 0.197. The van der Waals surface area contributed by atoms with Gasteiger partial charge in [-0.25, -0.2) is 4.79 Å². The zero-order chi connectivity index (χ0) is 13.3. The van der Waals surface area contributed by atoms with Crippen molar-refractivity contribution in [3.05, 3.63) is 40.9 Å². The number of hydrogen-bond acceptors (Lipinski definition) is 2. The van der Waals surface area contributed by atoms with Crippen LogP contribution in [0.25, 0.3) is 10.8 Å². The molecular formula is C12H7BrF2O3. The van der Waals surface area contributed by atoms with Gasteiger partial charge in [0.25, 0.3) is 0 Å². The van der Waals surface area contributed by atoms with Crippen LogP contribution >= 0.6 is 15.9 Å². The van der Waals surface area contributed by atoms with Crippen LogP contribution in [0.3, 0.4) is 0 Å². The summed E-state index contributed by atoms with van der Waals surface area (Å²) in [6.07, 6.45) is -4.23. The van der Waals surface area contributed by atoms with E-state index in [9.17, 15) is 13.6 Å². The molecule has 2 aromatic carbocycles. The van der Waals surface area contributed by atoms with Gasteiger partial charge in [0.05, 0.1) is 0 Å². The maximum atomic E-state index is 12.9. The lowest BCUT2D eigenvalue weighted by molar-refractivity contribution is -0.210. The largest absolute Gasteiger partial charge is 0.501 e. The maximum absolute atomic E-state index is 12.9. The molecule has 0 saturated carbocycles. The van der Waals surface area contributed by atoms with Gasteiger partial charge in [-0.1, -0.05) is 28.1 Å². The van der Waals surface area contributed by atoms with E-state index in [2.05, 4.69) is 20.7 Å². The molecule has 0 unspecified atom stereocenters. The monoisotopic (exact) mass is 316 g/mol. The van der Waals surface area contributed by atoms with Gasteiger partial charge in [0.1, 0.15) is 5.75 Å². The van der Waals surface area contributed by atoms with E-state index < -0.39 is 12.1 Å². The second kappa shape index (κ2) is 4.53. The van der Waals surface area contributed by atoms with E-state index in [0.717, 1.165) is 9.86 Å². The van der Waals surface area contributed by atoms with E-state index in [1.54, 1.807) is 18.2 Å². The van der Waals surface area contributed by atoms with Crippen LogP contribution in [0.2, 0.25) is 0 Å². The van der Waals surface area contributed by atoms with Crippen LogP contribution in [-0.4, -0.2) is 17.2 Å². The van der Waals surface area contributed by atoms with Crippen molar-refractivity contribution in [3.63, 3.8) is 0 Å². The Kier molecular flexibility index (Phi) is 3.21. The number of hydrogen-bond donors (Lipinski definition) is 1. The fraction of sp³-hybridized carbons (Fsp3) is 0.0833. The SMILES string of the molecule is O=C(O)C(F)(F)Oc1ccc2cc(Br)ccc2c1. The molecule has 0 aromatic heterocycles. The third kappa shape index (κ3) is 2.59. The molecule has 2 aromatic rings. The summed E-state index contributed by atoms with van der Waals surface area (Å²) in [5.74, 6) is -2.52. The highest BCUT2D eigenvalue weighted by atomic mass is 79.9. The fourth-order valence-electron chi connectivity index (χ4n) is 1.45. The molecule has 0 heterocycles. The van der Waals surface area contributed by atoms with E-state index in [4.69, 9.17) is 5.11 Å². The number of ether oxygens (including phenoxy) is 1. The highest BCUT2D eigenvalue weighted by Crippen LogP contribution is 2.27. The third-order valence-corrected chi connectivity index (χ3v) is 2.76. The van der Waals surface area contributed by atoms with Crippen molar-refractivity contribution in [2.45, 2.75) is 6.11 Å². The molecule has 0 atom stereocenters. The van der Waals surface area contributed by atoms with Gasteiger partial charge in [-0.05, 0) is 35.0 Å². The Morgan fingerprint density at radius 3 is 2.44 bits per heavy atom. The highest BCUT2D eigenvalue weighted by molar-refractivity contribution is 9.10. The molecule has 0 bridgehead atoms. The first-order valence-electron chi connectivity index (χ1n) is 4.88. The summed E-state index contributed by atoms with van der Waals surface area (Å²) in [5.41, 5.74) is 0. The molecule has 18 heavy (non-hydrogen) atoms. The van der Waals surface area contributed by atoms with Crippen LogP contribution in [0, 0.1) is 0 Å². The van der Waals surface area contributed by atoms with Crippen molar-refractivity contribution in [1.82, 2.24) is 0 Å². The minimum atomic E-state index is -4.23. The Morgan fingerprint density at radius 1 is 1.17 bits per heavy atom. The van der Waals surface area contributed by atoms with Crippen LogP contribution in [-0.2, 0) is 4.79 Å². The molecular weight excluding hydrogens is 310 g/mol. The Bertz CT molecular complexity index is 613. The lowest BCUT2D eigenvalue weighted by Gasteiger charge is -2.13. The van der Waals surface area contributed by atoms with Crippen LogP contribution in [0.15, 0.2) is 40.9 Å². The van der Waals surface area contributed by atoms with E-state index in [0.29, 0.717) is 5.39 Å². The van der Waals surface area contributed by atoms with Crippen molar-refractivity contribution in [2.75, 3.05) is 0 Å². The zero-order valence-electron chi connectivity index (χ0n) is 8.86. The molecule has 3 nitrogen and oxygen atoms in total. The molecule has 0 aliphatic carbocycles. The van der Waals surface area contributed by atoms with Gasteiger partial charge < -0.3 is 9.84 Å². The third-order valence-electron chi connectivity index (χ3n) is 2.27. The molecule has 0 fully saturated rings. The van der Waals surface area contributed by atoms with Crippen molar-refractivity contribution < 1.29 is 23.4 Å². The van der Waals surface area contributed by atoms with Crippen LogP contribution in [0.4, 0.5) is 8.78 Å². The number of aliphatic carboxylic acids is 1. The number of carboxylic acids is 1. The summed E-state index contributed by atoms with van der Waals surface area (Å²) >= 11 is 3.29. The predicted octanol–water partition coefficient (Wildman–Crippen LogP) is 3.66. The topological polar surface area (TPSA) is 46.5 Å². The van der Waals surface area contributed by atoms with Crippen molar-refractivity contribution in [3.8, 4) is 5.75 Å². The van der Waals surface area contributed by atoms with Crippen LogP contribution in [0.5, 0.6) is 5.75 Å². The van der Waals surface area contributed by atoms with E-state index in [-0.39, 0.29) is 5.75 Å². The molecule has 0 radical (unpaired) electrons. The lowest BCUT2D eigenvalue weighted by atomic mass is 10.1. The van der Waals surface area contributed by atoms with Crippen LogP contribution < -0.4 is 4.74 Å². The number of alkyl halides is 2. The first-order valence-corrected chi connectivity index (χ1v) is 5.67.